The Bertz CT molecular complexity index is 554. The molecule has 0 fully saturated rings. The Morgan fingerprint density at radius 3 is 2.94 bits per heavy atom. The number of amides is 1. The number of nitrogens with two attached hydrogens (primary N) is 1. The fraction of sp³-hybridized carbons (Fsp3) is 0.182. The number of benzene rings is 1. The number of nitrogens with one attached hydrogen (secondary N) is 1. The molecule has 0 atom stereocenters. The molecule has 3 N–H and O–H groups in total. The minimum absolute atomic E-state index is 0.288. The first-order valence-electron chi connectivity index (χ1n) is 5.28. The molecule has 1 amide bonds. The van der Waals surface area contributed by atoms with Gasteiger partial charge in [-0.15, -0.1) is 10.2 Å². The van der Waals surface area contributed by atoms with Gasteiger partial charge in [-0.2, -0.15) is 0 Å². The highest BCUT2D eigenvalue weighted by molar-refractivity contribution is 7.98. The molecule has 0 saturated carbocycles. The van der Waals surface area contributed by atoms with Gasteiger partial charge in [0.2, 0.25) is 0 Å². The first-order chi connectivity index (χ1) is 8.72. The van der Waals surface area contributed by atoms with E-state index in [1.165, 1.54) is 11.8 Å². The van der Waals surface area contributed by atoms with Crippen molar-refractivity contribution in [1.82, 2.24) is 20.2 Å². The summed E-state index contributed by atoms with van der Waals surface area (Å²) in [6, 6.07) is 7.34. The summed E-state index contributed by atoms with van der Waals surface area (Å²) in [5, 5.41) is 8.58. The number of hydrogen-bond acceptors (Lipinski definition) is 5. The Morgan fingerprint density at radius 1 is 1.50 bits per heavy atom. The Hall–Kier alpha value is -1.86. The van der Waals surface area contributed by atoms with E-state index in [9.17, 15) is 4.79 Å². The lowest BCUT2D eigenvalue weighted by molar-refractivity contribution is 0.0953. The van der Waals surface area contributed by atoms with E-state index in [2.05, 4.69) is 15.6 Å². The lowest BCUT2D eigenvalue weighted by atomic mass is 10.1. The van der Waals surface area contributed by atoms with Crippen LogP contribution >= 0.6 is 11.8 Å². The summed E-state index contributed by atoms with van der Waals surface area (Å²) in [6.45, 7) is 0. The van der Waals surface area contributed by atoms with E-state index in [1.807, 2.05) is 23.7 Å². The molecule has 2 aromatic rings. The van der Waals surface area contributed by atoms with Crippen LogP contribution < -0.4 is 11.3 Å². The van der Waals surface area contributed by atoms with E-state index in [4.69, 9.17) is 5.84 Å². The molecule has 0 bridgehead atoms. The first-order valence-corrected chi connectivity index (χ1v) is 6.26. The van der Waals surface area contributed by atoms with Gasteiger partial charge in [0.25, 0.3) is 5.91 Å². The van der Waals surface area contributed by atoms with Crippen molar-refractivity contribution in [3.63, 3.8) is 0 Å². The van der Waals surface area contributed by atoms with Gasteiger partial charge in [0.1, 0.15) is 6.33 Å². The van der Waals surface area contributed by atoms with Crippen LogP contribution in [0.4, 0.5) is 0 Å². The van der Waals surface area contributed by atoms with E-state index in [0.29, 0.717) is 11.3 Å². The smallest absolute Gasteiger partial charge is 0.265 e. The van der Waals surface area contributed by atoms with E-state index in [-0.39, 0.29) is 5.91 Å². The largest absolute Gasteiger partial charge is 0.312 e. The highest BCUT2D eigenvalue weighted by Crippen LogP contribution is 2.22. The quantitative estimate of drug-likeness (QED) is 0.367. The van der Waals surface area contributed by atoms with Crippen LogP contribution in [-0.2, 0) is 12.8 Å². The third-order valence-electron chi connectivity index (χ3n) is 2.42. The van der Waals surface area contributed by atoms with Gasteiger partial charge in [-0.05, 0) is 11.6 Å². The van der Waals surface area contributed by atoms with Crippen LogP contribution in [0.1, 0.15) is 15.9 Å². The topological polar surface area (TPSA) is 85.8 Å². The van der Waals surface area contributed by atoms with Crippen LogP contribution in [0.15, 0.2) is 35.7 Å². The number of hydrazine groups is 1. The van der Waals surface area contributed by atoms with Crippen LogP contribution in [0.5, 0.6) is 0 Å². The van der Waals surface area contributed by atoms with E-state index in [0.717, 1.165) is 10.7 Å². The Morgan fingerprint density at radius 2 is 2.28 bits per heavy atom. The highest BCUT2D eigenvalue weighted by Gasteiger charge is 2.10. The SMILES string of the molecule is Cn1cnnc1SCc1ccccc1C(=O)NN. The van der Waals surface area contributed by atoms with Crippen molar-refractivity contribution in [2.45, 2.75) is 10.9 Å². The Kier molecular flexibility index (Phi) is 3.96. The third-order valence-corrected chi connectivity index (χ3v) is 3.50. The maximum atomic E-state index is 11.6. The molecule has 0 saturated heterocycles. The van der Waals surface area contributed by atoms with Gasteiger partial charge in [0.05, 0.1) is 0 Å². The predicted octanol–water partition coefficient (Wildman–Crippen LogP) is 0.711. The normalized spacial score (nSPS) is 10.3. The molecule has 6 nitrogen and oxygen atoms in total. The number of aryl methyl sites for hydroxylation is 1. The molecule has 94 valence electrons. The second kappa shape index (κ2) is 5.65. The number of nitrogen functional groups attached to an aromatic ring is 1. The average Bonchev–Trinajstić information content (AvgIpc) is 2.81. The molecular formula is C11H13N5OS. The van der Waals surface area contributed by atoms with Gasteiger partial charge >= 0.3 is 0 Å². The second-order valence-electron chi connectivity index (χ2n) is 3.64. The maximum absolute atomic E-state index is 11.6. The number of carbonyl (C=O) groups is 1. The van der Waals surface area contributed by atoms with Crippen LogP contribution in [0.2, 0.25) is 0 Å². The Balaban J connectivity index is 2.14. The maximum Gasteiger partial charge on any atom is 0.265 e. The van der Waals surface area contributed by atoms with Gasteiger partial charge in [-0.25, -0.2) is 5.84 Å². The fourth-order valence-electron chi connectivity index (χ4n) is 1.49. The van der Waals surface area contributed by atoms with Crippen molar-refractivity contribution in [2.75, 3.05) is 0 Å². The highest BCUT2D eigenvalue weighted by atomic mass is 32.2. The summed E-state index contributed by atoms with van der Waals surface area (Å²) >= 11 is 1.52. The van der Waals surface area contributed by atoms with Crippen LogP contribution in [0.25, 0.3) is 0 Å². The van der Waals surface area contributed by atoms with Crippen molar-refractivity contribution < 1.29 is 4.79 Å². The predicted molar refractivity (Wildman–Crippen MR) is 68.7 cm³/mol. The molecule has 1 aromatic carbocycles. The molecule has 0 unspecified atom stereocenters. The molecule has 1 aromatic heterocycles. The molecule has 0 aliphatic heterocycles. The zero-order valence-electron chi connectivity index (χ0n) is 9.83. The molecule has 18 heavy (non-hydrogen) atoms. The van der Waals surface area contributed by atoms with E-state index in [1.54, 1.807) is 18.5 Å². The first kappa shape index (κ1) is 12.6. The zero-order valence-corrected chi connectivity index (χ0v) is 10.6. The standard InChI is InChI=1S/C11H13N5OS/c1-16-7-13-15-11(16)18-6-8-4-2-3-5-9(8)10(17)14-12/h2-5,7H,6,12H2,1H3,(H,14,17). The number of aromatic nitrogens is 3. The molecule has 1 heterocycles. The molecule has 7 heteroatoms. The number of nitrogens with zero attached hydrogens (tertiary/aromatic N) is 3. The molecule has 0 aliphatic rings. The summed E-state index contributed by atoms with van der Waals surface area (Å²) in [6.07, 6.45) is 1.64. The van der Waals surface area contributed by atoms with Crippen LogP contribution in [0.3, 0.4) is 0 Å². The van der Waals surface area contributed by atoms with Gasteiger partial charge < -0.3 is 4.57 Å². The van der Waals surface area contributed by atoms with Gasteiger partial charge in [0.15, 0.2) is 5.16 Å². The summed E-state index contributed by atoms with van der Waals surface area (Å²) in [5.41, 5.74) is 3.63. The van der Waals surface area contributed by atoms with E-state index < -0.39 is 0 Å². The van der Waals surface area contributed by atoms with Crippen LogP contribution in [-0.4, -0.2) is 20.7 Å². The monoisotopic (exact) mass is 263 g/mol. The minimum atomic E-state index is -0.288. The number of rotatable bonds is 4. The number of thioether (sulfide) groups is 1. The minimum Gasteiger partial charge on any atom is -0.312 e. The van der Waals surface area contributed by atoms with Crippen molar-refractivity contribution in [2.24, 2.45) is 12.9 Å². The molecular weight excluding hydrogens is 250 g/mol. The van der Waals surface area contributed by atoms with Crippen molar-refractivity contribution in [3.8, 4) is 0 Å². The average molecular weight is 263 g/mol. The molecule has 0 spiro atoms. The van der Waals surface area contributed by atoms with Crippen molar-refractivity contribution in [3.05, 3.63) is 41.7 Å². The van der Waals surface area contributed by atoms with Crippen molar-refractivity contribution >= 4 is 17.7 Å². The van der Waals surface area contributed by atoms with E-state index >= 15 is 0 Å². The van der Waals surface area contributed by atoms with Gasteiger partial charge in [0, 0.05) is 18.4 Å². The number of hydrogen-bond donors (Lipinski definition) is 2. The summed E-state index contributed by atoms with van der Waals surface area (Å²) in [4.78, 5) is 11.6. The number of carbonyl (C=O) groups excluding carboxylic acids is 1. The van der Waals surface area contributed by atoms with Gasteiger partial charge in [-0.1, -0.05) is 30.0 Å². The lowest BCUT2D eigenvalue weighted by Gasteiger charge is -2.07. The van der Waals surface area contributed by atoms with Crippen molar-refractivity contribution in [1.29, 1.82) is 0 Å². The molecule has 2 rings (SSSR count). The zero-order chi connectivity index (χ0) is 13.0. The second-order valence-corrected chi connectivity index (χ2v) is 4.59. The molecule has 0 aliphatic carbocycles. The van der Waals surface area contributed by atoms with Crippen LogP contribution in [0, 0.1) is 0 Å². The summed E-state index contributed by atoms with van der Waals surface area (Å²) < 4.78 is 1.83. The Labute approximate surface area is 109 Å². The fourth-order valence-corrected chi connectivity index (χ4v) is 2.38. The third kappa shape index (κ3) is 2.69. The lowest BCUT2D eigenvalue weighted by Crippen LogP contribution is -2.30. The summed E-state index contributed by atoms with van der Waals surface area (Å²) in [5.74, 6) is 5.50. The van der Waals surface area contributed by atoms with Gasteiger partial charge in [-0.3, -0.25) is 10.2 Å². The summed E-state index contributed by atoms with van der Waals surface area (Å²) in [7, 11) is 1.88. The molecule has 0 radical (unpaired) electrons.